The van der Waals surface area contributed by atoms with Gasteiger partial charge in [0.05, 0.1) is 4.90 Å². The highest BCUT2D eigenvalue weighted by molar-refractivity contribution is 7.89. The molecule has 5 nitrogen and oxygen atoms in total. The number of amides is 1. The van der Waals surface area contributed by atoms with Gasteiger partial charge in [0, 0.05) is 18.1 Å². The number of hydrogen-bond acceptors (Lipinski definition) is 3. The molecule has 0 aliphatic carbocycles. The maximum absolute atomic E-state index is 12.9. The molecule has 1 fully saturated rings. The van der Waals surface area contributed by atoms with Crippen LogP contribution in [0, 0.1) is 0 Å². The molecule has 0 radical (unpaired) electrons. The molecule has 1 saturated heterocycles. The molecular weight excluding hydrogens is 336 g/mol. The van der Waals surface area contributed by atoms with E-state index in [1.807, 2.05) is 0 Å². The molecule has 2 aromatic carbocycles. The third kappa shape index (κ3) is 3.10. The summed E-state index contributed by atoms with van der Waals surface area (Å²) in [6.45, 7) is 0.505. The summed E-state index contributed by atoms with van der Waals surface area (Å²) >= 11 is 5.88. The van der Waals surface area contributed by atoms with Gasteiger partial charge in [-0.15, -0.1) is 0 Å². The van der Waals surface area contributed by atoms with Gasteiger partial charge in [-0.1, -0.05) is 41.9 Å². The SMILES string of the molecule is O=C1NCCN(S(=O)(=O)c2ccccc2)C1c1ccc(Cl)cc1. The van der Waals surface area contributed by atoms with Crippen molar-refractivity contribution in [3.63, 3.8) is 0 Å². The quantitative estimate of drug-likeness (QED) is 0.922. The fraction of sp³-hybridized carbons (Fsp3) is 0.188. The molecule has 0 aromatic heterocycles. The molecule has 1 amide bonds. The molecule has 1 N–H and O–H groups in total. The van der Waals surface area contributed by atoms with E-state index in [0.29, 0.717) is 10.6 Å². The maximum atomic E-state index is 12.9. The number of nitrogens with zero attached hydrogens (tertiary/aromatic N) is 1. The van der Waals surface area contributed by atoms with Crippen LogP contribution in [0.1, 0.15) is 11.6 Å². The third-order valence-corrected chi connectivity index (χ3v) is 5.83. The van der Waals surface area contributed by atoms with Crippen LogP contribution in [-0.4, -0.2) is 31.7 Å². The van der Waals surface area contributed by atoms with Crippen molar-refractivity contribution in [2.24, 2.45) is 0 Å². The van der Waals surface area contributed by atoms with Gasteiger partial charge in [-0.2, -0.15) is 4.31 Å². The van der Waals surface area contributed by atoms with Crippen molar-refractivity contribution in [2.75, 3.05) is 13.1 Å². The van der Waals surface area contributed by atoms with Gasteiger partial charge in [0.1, 0.15) is 6.04 Å². The minimum Gasteiger partial charge on any atom is -0.353 e. The van der Waals surface area contributed by atoms with Crippen LogP contribution in [0.3, 0.4) is 0 Å². The van der Waals surface area contributed by atoms with E-state index in [9.17, 15) is 13.2 Å². The monoisotopic (exact) mass is 350 g/mol. The molecule has 1 aliphatic heterocycles. The first kappa shape index (κ1) is 16.0. The van der Waals surface area contributed by atoms with Gasteiger partial charge in [-0.05, 0) is 29.8 Å². The predicted molar refractivity (Wildman–Crippen MR) is 87.5 cm³/mol. The summed E-state index contributed by atoms with van der Waals surface area (Å²) in [6, 6.07) is 13.9. The number of nitrogens with one attached hydrogen (secondary N) is 1. The lowest BCUT2D eigenvalue weighted by atomic mass is 10.1. The Hall–Kier alpha value is -1.89. The summed E-state index contributed by atoms with van der Waals surface area (Å²) in [5, 5.41) is 3.25. The Morgan fingerprint density at radius 3 is 2.35 bits per heavy atom. The van der Waals surface area contributed by atoms with Gasteiger partial charge >= 0.3 is 0 Å². The summed E-state index contributed by atoms with van der Waals surface area (Å²) in [5.41, 5.74) is 0.589. The Labute approximate surface area is 139 Å². The van der Waals surface area contributed by atoms with Gasteiger partial charge in [-0.3, -0.25) is 4.79 Å². The first-order valence-electron chi connectivity index (χ1n) is 7.10. The second-order valence-electron chi connectivity index (χ2n) is 5.17. The molecule has 23 heavy (non-hydrogen) atoms. The van der Waals surface area contributed by atoms with E-state index in [-0.39, 0.29) is 23.9 Å². The van der Waals surface area contributed by atoms with Crippen molar-refractivity contribution < 1.29 is 13.2 Å². The molecule has 1 aliphatic rings. The predicted octanol–water partition coefficient (Wildman–Crippen LogP) is 2.20. The highest BCUT2D eigenvalue weighted by atomic mass is 35.5. The molecule has 7 heteroatoms. The minimum atomic E-state index is -3.76. The van der Waals surface area contributed by atoms with Crippen LogP contribution in [0.4, 0.5) is 0 Å². The standard InChI is InChI=1S/C16H15ClN2O3S/c17-13-8-6-12(7-9-13)15-16(20)18-10-11-19(15)23(21,22)14-4-2-1-3-5-14/h1-9,15H,10-11H2,(H,18,20). The lowest BCUT2D eigenvalue weighted by Crippen LogP contribution is -2.52. The van der Waals surface area contributed by atoms with Crippen LogP contribution in [0.2, 0.25) is 5.02 Å². The number of sulfonamides is 1. The highest BCUT2D eigenvalue weighted by Crippen LogP contribution is 2.30. The van der Waals surface area contributed by atoms with Crippen LogP contribution in [-0.2, 0) is 14.8 Å². The van der Waals surface area contributed by atoms with Crippen molar-refractivity contribution in [2.45, 2.75) is 10.9 Å². The zero-order valence-corrected chi connectivity index (χ0v) is 13.7. The molecule has 120 valence electrons. The maximum Gasteiger partial charge on any atom is 0.244 e. The van der Waals surface area contributed by atoms with E-state index >= 15 is 0 Å². The zero-order chi connectivity index (χ0) is 16.4. The number of hydrogen-bond donors (Lipinski definition) is 1. The average molecular weight is 351 g/mol. The smallest absolute Gasteiger partial charge is 0.244 e. The third-order valence-electron chi connectivity index (χ3n) is 3.70. The molecule has 1 heterocycles. The topological polar surface area (TPSA) is 66.5 Å². The zero-order valence-electron chi connectivity index (χ0n) is 12.1. The Kier molecular flexibility index (Phi) is 4.39. The second-order valence-corrected chi connectivity index (χ2v) is 7.50. The summed E-state index contributed by atoms with van der Waals surface area (Å²) in [6.07, 6.45) is 0. The first-order valence-corrected chi connectivity index (χ1v) is 8.92. The Bertz CT molecular complexity index is 807. The lowest BCUT2D eigenvalue weighted by Gasteiger charge is -2.34. The van der Waals surface area contributed by atoms with Gasteiger partial charge < -0.3 is 5.32 Å². The molecular formula is C16H15ClN2O3S. The van der Waals surface area contributed by atoms with Crippen molar-refractivity contribution in [3.05, 3.63) is 65.2 Å². The van der Waals surface area contributed by atoms with E-state index in [1.165, 1.54) is 16.4 Å². The number of rotatable bonds is 3. The Morgan fingerprint density at radius 1 is 1.04 bits per heavy atom. The molecule has 0 bridgehead atoms. The normalized spacial score (nSPS) is 19.3. The van der Waals surface area contributed by atoms with Crippen molar-refractivity contribution >= 4 is 27.5 Å². The summed E-state index contributed by atoms with van der Waals surface area (Å²) < 4.78 is 27.0. The number of carbonyl (C=O) groups is 1. The van der Waals surface area contributed by atoms with Crippen LogP contribution < -0.4 is 5.32 Å². The van der Waals surface area contributed by atoms with E-state index in [0.717, 1.165) is 0 Å². The summed E-state index contributed by atoms with van der Waals surface area (Å²) in [4.78, 5) is 12.5. The van der Waals surface area contributed by atoms with Crippen molar-refractivity contribution in [3.8, 4) is 0 Å². The van der Waals surface area contributed by atoms with Crippen molar-refractivity contribution in [1.29, 1.82) is 0 Å². The van der Waals surface area contributed by atoms with Crippen LogP contribution >= 0.6 is 11.6 Å². The number of carbonyl (C=O) groups excluding carboxylic acids is 1. The highest BCUT2D eigenvalue weighted by Gasteiger charge is 2.39. The van der Waals surface area contributed by atoms with Gasteiger partial charge in [0.2, 0.25) is 15.9 Å². The molecule has 1 unspecified atom stereocenters. The van der Waals surface area contributed by atoms with E-state index in [4.69, 9.17) is 11.6 Å². The van der Waals surface area contributed by atoms with E-state index in [1.54, 1.807) is 42.5 Å². The van der Waals surface area contributed by atoms with Gasteiger partial charge in [-0.25, -0.2) is 8.42 Å². The molecule has 2 aromatic rings. The lowest BCUT2D eigenvalue weighted by molar-refractivity contribution is -0.126. The Balaban J connectivity index is 2.05. The van der Waals surface area contributed by atoms with Gasteiger partial charge in [0.25, 0.3) is 0 Å². The van der Waals surface area contributed by atoms with Crippen LogP contribution in [0.15, 0.2) is 59.5 Å². The van der Waals surface area contributed by atoms with Crippen LogP contribution in [0.25, 0.3) is 0 Å². The van der Waals surface area contributed by atoms with Crippen molar-refractivity contribution in [1.82, 2.24) is 9.62 Å². The second kappa shape index (κ2) is 6.31. The molecule has 3 rings (SSSR count). The minimum absolute atomic E-state index is 0.175. The molecule has 0 saturated carbocycles. The fourth-order valence-electron chi connectivity index (χ4n) is 2.60. The average Bonchev–Trinajstić information content (AvgIpc) is 2.56. The summed E-state index contributed by atoms with van der Waals surface area (Å²) in [5.74, 6) is -0.335. The fourth-order valence-corrected chi connectivity index (χ4v) is 4.32. The van der Waals surface area contributed by atoms with Gasteiger partial charge in [0.15, 0.2) is 0 Å². The van der Waals surface area contributed by atoms with Crippen LogP contribution in [0.5, 0.6) is 0 Å². The first-order chi connectivity index (χ1) is 11.0. The molecule has 1 atom stereocenters. The molecule has 0 spiro atoms. The Morgan fingerprint density at radius 2 is 1.70 bits per heavy atom. The largest absolute Gasteiger partial charge is 0.353 e. The number of piperazine rings is 1. The van der Waals surface area contributed by atoms with E-state index < -0.39 is 16.1 Å². The number of benzene rings is 2. The number of halogens is 1. The van der Waals surface area contributed by atoms with E-state index in [2.05, 4.69) is 5.32 Å². The summed E-state index contributed by atoms with van der Waals surface area (Å²) in [7, 11) is -3.76.